The lowest BCUT2D eigenvalue weighted by molar-refractivity contribution is 0.148. The van der Waals surface area contributed by atoms with Crippen LogP contribution in [-0.2, 0) is 0 Å². The summed E-state index contributed by atoms with van der Waals surface area (Å²) in [4.78, 5) is 2.14. The summed E-state index contributed by atoms with van der Waals surface area (Å²) in [5.41, 5.74) is 0.482. The largest absolute Gasteiger partial charge is 0.507 e. The van der Waals surface area contributed by atoms with Crippen molar-refractivity contribution in [2.75, 3.05) is 11.9 Å². The Hall–Kier alpha value is -3.23. The van der Waals surface area contributed by atoms with Crippen molar-refractivity contribution < 1.29 is 13.9 Å². The third-order valence-electron chi connectivity index (χ3n) is 7.45. The molecular formula is C24H26F2N6O. The van der Waals surface area contributed by atoms with Gasteiger partial charge in [0, 0.05) is 24.2 Å². The minimum absolute atomic E-state index is 0.0567. The average molecular weight is 453 g/mol. The molecule has 0 unspecified atom stereocenters. The van der Waals surface area contributed by atoms with Gasteiger partial charge in [0.15, 0.2) is 17.5 Å². The van der Waals surface area contributed by atoms with Gasteiger partial charge in [-0.3, -0.25) is 0 Å². The molecule has 5 rings (SSSR count). The fourth-order valence-electron chi connectivity index (χ4n) is 5.92. The van der Waals surface area contributed by atoms with Crippen LogP contribution in [0.5, 0.6) is 5.75 Å². The van der Waals surface area contributed by atoms with E-state index in [9.17, 15) is 13.9 Å². The van der Waals surface area contributed by atoms with E-state index in [1.165, 1.54) is 31.7 Å². The number of fused-ring (bicyclic) bond motifs is 2. The lowest BCUT2D eigenvalue weighted by Gasteiger charge is -2.44. The SMILES string of the molecule is CN(c1ccc(-c2c(O)cc(-c3cnnnc3)c(F)c2F)nn1)[C@H]1C[C@]2(C)CC[C@](C)(C1)C2. The van der Waals surface area contributed by atoms with Gasteiger partial charge in [0.1, 0.15) is 5.75 Å². The number of halogens is 2. The number of phenolic OH excluding ortho intramolecular Hbond substituents is 1. The van der Waals surface area contributed by atoms with E-state index >= 15 is 0 Å². The summed E-state index contributed by atoms with van der Waals surface area (Å²) in [7, 11) is 2.01. The van der Waals surface area contributed by atoms with E-state index in [0.29, 0.717) is 22.7 Å². The molecule has 0 saturated heterocycles. The summed E-state index contributed by atoms with van der Waals surface area (Å²) in [6.07, 6.45) is 8.46. The first-order valence-electron chi connectivity index (χ1n) is 11.1. The van der Waals surface area contributed by atoms with Crippen LogP contribution in [0.25, 0.3) is 22.4 Å². The Balaban J connectivity index is 1.43. The summed E-state index contributed by atoms with van der Waals surface area (Å²) >= 11 is 0. The topological polar surface area (TPSA) is 87.9 Å². The molecule has 2 fully saturated rings. The zero-order valence-electron chi connectivity index (χ0n) is 18.9. The van der Waals surface area contributed by atoms with Crippen LogP contribution in [0.15, 0.2) is 30.6 Å². The molecule has 2 aliphatic carbocycles. The molecule has 2 aromatic heterocycles. The van der Waals surface area contributed by atoms with Crippen molar-refractivity contribution in [1.82, 2.24) is 25.6 Å². The highest BCUT2D eigenvalue weighted by Crippen LogP contribution is 2.58. The second-order valence-electron chi connectivity index (χ2n) is 10.2. The molecule has 2 heterocycles. The van der Waals surface area contributed by atoms with Crippen LogP contribution in [0.2, 0.25) is 0 Å². The molecule has 2 saturated carbocycles. The van der Waals surface area contributed by atoms with Gasteiger partial charge in [-0.1, -0.05) is 13.8 Å². The van der Waals surface area contributed by atoms with Gasteiger partial charge >= 0.3 is 0 Å². The van der Waals surface area contributed by atoms with Gasteiger partial charge in [-0.2, -0.15) is 0 Å². The predicted molar refractivity (Wildman–Crippen MR) is 119 cm³/mol. The van der Waals surface area contributed by atoms with E-state index in [1.807, 2.05) is 7.05 Å². The summed E-state index contributed by atoms with van der Waals surface area (Å²) in [6, 6.07) is 4.78. The van der Waals surface area contributed by atoms with Gasteiger partial charge in [0.25, 0.3) is 0 Å². The van der Waals surface area contributed by atoms with E-state index in [0.717, 1.165) is 18.9 Å². The molecular weight excluding hydrogens is 426 g/mol. The number of aromatic hydroxyl groups is 1. The first-order valence-corrected chi connectivity index (χ1v) is 11.1. The molecule has 2 aliphatic rings. The van der Waals surface area contributed by atoms with Crippen LogP contribution >= 0.6 is 0 Å². The van der Waals surface area contributed by atoms with E-state index in [1.54, 1.807) is 12.1 Å². The van der Waals surface area contributed by atoms with Gasteiger partial charge in [0.05, 0.1) is 23.7 Å². The third-order valence-corrected chi connectivity index (χ3v) is 7.45. The van der Waals surface area contributed by atoms with Gasteiger partial charge in [0.2, 0.25) is 0 Å². The maximum Gasteiger partial charge on any atom is 0.172 e. The predicted octanol–water partition coefficient (Wildman–Crippen LogP) is 4.77. The van der Waals surface area contributed by atoms with Crippen molar-refractivity contribution in [3.63, 3.8) is 0 Å². The molecule has 172 valence electrons. The van der Waals surface area contributed by atoms with Crippen molar-refractivity contribution in [3.8, 4) is 28.1 Å². The fourth-order valence-corrected chi connectivity index (χ4v) is 5.92. The van der Waals surface area contributed by atoms with Crippen LogP contribution < -0.4 is 4.90 Å². The summed E-state index contributed by atoms with van der Waals surface area (Å²) in [5.74, 6) is -2.11. The van der Waals surface area contributed by atoms with Gasteiger partial charge < -0.3 is 10.0 Å². The standard InChI is InChI=1S/C24H26F2N6O/c1-23-6-7-24(2,13-23)10-15(9-23)32(3)19-5-4-17(29-30-19)20-18(33)8-16(21(25)22(20)26)14-11-27-31-28-12-14/h4-5,8,11-12,15,33H,6-7,9-10,13H2,1-3H3/t15-,23-,24+. The maximum atomic E-state index is 15.0. The second-order valence-corrected chi connectivity index (χ2v) is 10.2. The normalized spacial score (nSPS) is 26.4. The Morgan fingerprint density at radius 2 is 1.67 bits per heavy atom. The molecule has 0 spiro atoms. The van der Waals surface area contributed by atoms with E-state index in [-0.39, 0.29) is 22.4 Å². The van der Waals surface area contributed by atoms with Crippen molar-refractivity contribution in [3.05, 3.63) is 42.2 Å². The number of hydrogen-bond donors (Lipinski definition) is 1. The minimum Gasteiger partial charge on any atom is -0.507 e. The van der Waals surface area contributed by atoms with Crippen LogP contribution in [0.3, 0.4) is 0 Å². The quantitative estimate of drug-likeness (QED) is 0.610. The summed E-state index contributed by atoms with van der Waals surface area (Å²) < 4.78 is 29.7. The van der Waals surface area contributed by atoms with Crippen molar-refractivity contribution >= 4 is 5.82 Å². The number of hydrogen-bond acceptors (Lipinski definition) is 7. The number of benzene rings is 1. The lowest BCUT2D eigenvalue weighted by Crippen LogP contribution is -2.42. The van der Waals surface area contributed by atoms with E-state index < -0.39 is 17.4 Å². The Bertz CT molecular complexity index is 1170. The summed E-state index contributed by atoms with van der Waals surface area (Å²) in [6.45, 7) is 4.74. The van der Waals surface area contributed by atoms with Gasteiger partial charge in [-0.25, -0.2) is 8.78 Å². The van der Waals surface area contributed by atoms with E-state index in [2.05, 4.69) is 44.4 Å². The zero-order valence-corrected chi connectivity index (χ0v) is 18.9. The molecule has 7 nitrogen and oxygen atoms in total. The Morgan fingerprint density at radius 3 is 2.27 bits per heavy atom. The molecule has 1 aromatic carbocycles. The number of rotatable bonds is 4. The van der Waals surface area contributed by atoms with Gasteiger partial charge in [-0.15, -0.1) is 20.4 Å². The Kier molecular flexibility index (Phi) is 5.02. The minimum atomic E-state index is -1.21. The highest BCUT2D eigenvalue weighted by Gasteiger charge is 2.50. The van der Waals surface area contributed by atoms with Crippen LogP contribution in [0, 0.1) is 22.5 Å². The smallest absolute Gasteiger partial charge is 0.172 e. The molecule has 1 N–H and O–H groups in total. The molecule has 0 amide bonds. The number of phenols is 1. The Morgan fingerprint density at radius 1 is 1.00 bits per heavy atom. The van der Waals surface area contributed by atoms with Crippen molar-refractivity contribution in [2.24, 2.45) is 10.8 Å². The average Bonchev–Trinajstić information content (AvgIpc) is 3.03. The van der Waals surface area contributed by atoms with Crippen LogP contribution in [-0.4, -0.2) is 43.8 Å². The highest BCUT2D eigenvalue weighted by atomic mass is 19.2. The second kappa shape index (κ2) is 7.67. The molecule has 0 aliphatic heterocycles. The first kappa shape index (κ1) is 21.6. The van der Waals surface area contributed by atoms with Crippen LogP contribution in [0.1, 0.15) is 46.0 Å². The maximum absolute atomic E-state index is 15.0. The molecule has 0 radical (unpaired) electrons. The molecule has 3 aromatic rings. The fraction of sp³-hybridized carbons (Fsp3) is 0.458. The summed E-state index contributed by atoms with van der Waals surface area (Å²) in [5, 5.41) is 29.4. The number of nitrogens with zero attached hydrogens (tertiary/aromatic N) is 6. The zero-order chi connectivity index (χ0) is 23.4. The Labute approximate surface area is 190 Å². The third kappa shape index (κ3) is 3.79. The monoisotopic (exact) mass is 452 g/mol. The van der Waals surface area contributed by atoms with Crippen LogP contribution in [0.4, 0.5) is 14.6 Å². The highest BCUT2D eigenvalue weighted by molar-refractivity contribution is 5.75. The van der Waals surface area contributed by atoms with Gasteiger partial charge in [-0.05, 0) is 66.3 Å². The van der Waals surface area contributed by atoms with Crippen molar-refractivity contribution in [1.29, 1.82) is 0 Å². The first-order chi connectivity index (χ1) is 15.7. The number of aromatic nitrogens is 5. The number of anilines is 1. The molecule has 3 atom stereocenters. The van der Waals surface area contributed by atoms with E-state index in [4.69, 9.17) is 0 Å². The molecule has 9 heteroatoms. The van der Waals surface area contributed by atoms with Crippen molar-refractivity contribution in [2.45, 2.75) is 52.0 Å². The molecule has 2 bridgehead atoms. The lowest BCUT2D eigenvalue weighted by atomic mass is 9.68. The molecule has 33 heavy (non-hydrogen) atoms.